The third-order valence-electron chi connectivity index (χ3n) is 4.21. The normalized spacial score (nSPS) is 22.6. The van der Waals surface area contributed by atoms with E-state index in [1.165, 1.54) is 32.1 Å². The van der Waals surface area contributed by atoms with E-state index < -0.39 is 0 Å². The Hall–Kier alpha value is -1.75. The third kappa shape index (κ3) is 4.42. The molecular weight excluding hydrogens is 246 g/mol. The molecule has 106 valence electrons. The summed E-state index contributed by atoms with van der Waals surface area (Å²) in [5.41, 5.74) is 0.667. The number of allylic oxidation sites excluding steroid dienone is 1. The molecule has 0 atom stereocenters. The Morgan fingerprint density at radius 2 is 1.90 bits per heavy atom. The van der Waals surface area contributed by atoms with Gasteiger partial charge in [0.05, 0.1) is 11.6 Å². The van der Waals surface area contributed by atoms with E-state index in [0.29, 0.717) is 12.2 Å². The molecule has 0 saturated heterocycles. The lowest BCUT2D eigenvalue weighted by molar-refractivity contribution is 0.301. The molecule has 0 heterocycles. The highest BCUT2D eigenvalue weighted by molar-refractivity contribution is 5.34. The van der Waals surface area contributed by atoms with Crippen LogP contribution in [0.2, 0.25) is 0 Å². The first-order valence-corrected chi connectivity index (χ1v) is 7.61. The van der Waals surface area contributed by atoms with Crippen LogP contribution in [-0.2, 0) is 0 Å². The van der Waals surface area contributed by atoms with Crippen LogP contribution in [0, 0.1) is 23.2 Å². The van der Waals surface area contributed by atoms with Gasteiger partial charge in [-0.2, -0.15) is 5.26 Å². The number of ether oxygens (including phenoxy) is 1. The Labute approximate surface area is 122 Å². The third-order valence-corrected chi connectivity index (χ3v) is 4.21. The van der Waals surface area contributed by atoms with Crippen LogP contribution in [0.1, 0.15) is 44.6 Å². The standard InChI is InChI=1S/C18H23NO/c1-2-15-5-7-16(8-6-15)4-3-13-20-18-11-9-17(14-19)10-12-18/h3-4,9-12,15-16H,2,5-8,13H2,1H3/b4-3+. The number of nitriles is 1. The van der Waals surface area contributed by atoms with Gasteiger partial charge in [-0.25, -0.2) is 0 Å². The zero-order chi connectivity index (χ0) is 14.2. The van der Waals surface area contributed by atoms with E-state index in [4.69, 9.17) is 10.00 Å². The Kier molecular flexibility index (Phi) is 5.68. The molecule has 1 aliphatic rings. The van der Waals surface area contributed by atoms with Crippen LogP contribution in [0.4, 0.5) is 0 Å². The quantitative estimate of drug-likeness (QED) is 0.725. The van der Waals surface area contributed by atoms with Crippen molar-refractivity contribution in [2.45, 2.75) is 39.0 Å². The number of hydrogen-bond donors (Lipinski definition) is 0. The molecule has 1 saturated carbocycles. The van der Waals surface area contributed by atoms with Gasteiger partial charge in [-0.1, -0.05) is 25.5 Å². The van der Waals surface area contributed by atoms with Crippen LogP contribution in [-0.4, -0.2) is 6.61 Å². The highest BCUT2D eigenvalue weighted by Crippen LogP contribution is 2.31. The summed E-state index contributed by atoms with van der Waals surface area (Å²) < 4.78 is 5.64. The average Bonchev–Trinajstić information content (AvgIpc) is 2.53. The highest BCUT2D eigenvalue weighted by Gasteiger charge is 2.17. The van der Waals surface area contributed by atoms with Gasteiger partial charge in [-0.3, -0.25) is 0 Å². The summed E-state index contributed by atoms with van der Waals surface area (Å²) in [6.45, 7) is 2.91. The predicted molar refractivity (Wildman–Crippen MR) is 81.5 cm³/mol. The van der Waals surface area contributed by atoms with Crippen LogP contribution in [0.5, 0.6) is 5.75 Å². The summed E-state index contributed by atoms with van der Waals surface area (Å²) in [6, 6.07) is 9.36. The van der Waals surface area contributed by atoms with Gasteiger partial charge >= 0.3 is 0 Å². The van der Waals surface area contributed by atoms with Crippen molar-refractivity contribution in [2.75, 3.05) is 6.61 Å². The van der Waals surface area contributed by atoms with E-state index in [0.717, 1.165) is 17.6 Å². The molecule has 0 bridgehead atoms. The summed E-state index contributed by atoms with van der Waals surface area (Å²) >= 11 is 0. The van der Waals surface area contributed by atoms with Gasteiger partial charge in [0, 0.05) is 0 Å². The van der Waals surface area contributed by atoms with Crippen LogP contribution >= 0.6 is 0 Å². The van der Waals surface area contributed by atoms with E-state index in [-0.39, 0.29) is 0 Å². The maximum atomic E-state index is 8.72. The molecular formula is C18H23NO. The number of rotatable bonds is 5. The maximum absolute atomic E-state index is 8.72. The fourth-order valence-electron chi connectivity index (χ4n) is 2.81. The largest absolute Gasteiger partial charge is 0.490 e. The molecule has 0 aliphatic heterocycles. The molecule has 1 aromatic carbocycles. The molecule has 0 N–H and O–H groups in total. The molecule has 1 aromatic rings. The first-order valence-electron chi connectivity index (χ1n) is 7.61. The van der Waals surface area contributed by atoms with E-state index in [2.05, 4.69) is 25.1 Å². The van der Waals surface area contributed by atoms with Crippen molar-refractivity contribution in [1.29, 1.82) is 5.26 Å². The molecule has 0 radical (unpaired) electrons. The molecule has 20 heavy (non-hydrogen) atoms. The Bertz CT molecular complexity index is 461. The van der Waals surface area contributed by atoms with E-state index in [9.17, 15) is 0 Å². The minimum atomic E-state index is 0.611. The molecule has 0 aromatic heterocycles. The monoisotopic (exact) mass is 269 g/mol. The van der Waals surface area contributed by atoms with Crippen molar-refractivity contribution in [2.24, 2.45) is 11.8 Å². The molecule has 2 rings (SSSR count). The van der Waals surface area contributed by atoms with Gasteiger partial charge in [-0.15, -0.1) is 0 Å². The van der Waals surface area contributed by atoms with Crippen molar-refractivity contribution in [3.63, 3.8) is 0 Å². The van der Waals surface area contributed by atoms with Gasteiger partial charge < -0.3 is 4.74 Å². The van der Waals surface area contributed by atoms with E-state index >= 15 is 0 Å². The molecule has 0 unspecified atom stereocenters. The van der Waals surface area contributed by atoms with Crippen LogP contribution in [0.25, 0.3) is 0 Å². The van der Waals surface area contributed by atoms with Crippen molar-refractivity contribution in [3.8, 4) is 11.8 Å². The number of hydrogen-bond acceptors (Lipinski definition) is 2. The topological polar surface area (TPSA) is 33.0 Å². The second-order valence-electron chi connectivity index (χ2n) is 5.56. The second kappa shape index (κ2) is 7.75. The molecule has 2 nitrogen and oxygen atoms in total. The van der Waals surface area contributed by atoms with Crippen molar-refractivity contribution in [1.82, 2.24) is 0 Å². The SMILES string of the molecule is CCC1CCC(/C=C/COc2ccc(C#N)cc2)CC1. The minimum absolute atomic E-state index is 0.611. The molecule has 2 heteroatoms. The van der Waals surface area contributed by atoms with Crippen molar-refractivity contribution >= 4 is 0 Å². The molecule has 1 aliphatic carbocycles. The lowest BCUT2D eigenvalue weighted by atomic mass is 9.81. The Morgan fingerprint density at radius 3 is 2.50 bits per heavy atom. The predicted octanol–water partition coefficient (Wildman–Crippen LogP) is 4.71. The Balaban J connectivity index is 1.70. The van der Waals surface area contributed by atoms with Gasteiger partial charge in [0.15, 0.2) is 0 Å². The summed E-state index contributed by atoms with van der Waals surface area (Å²) in [7, 11) is 0. The summed E-state index contributed by atoms with van der Waals surface area (Å²) in [4.78, 5) is 0. The maximum Gasteiger partial charge on any atom is 0.119 e. The van der Waals surface area contributed by atoms with Crippen molar-refractivity contribution in [3.05, 3.63) is 42.0 Å². The molecule has 1 fully saturated rings. The van der Waals surface area contributed by atoms with Crippen LogP contribution < -0.4 is 4.74 Å². The molecule has 0 spiro atoms. The highest BCUT2D eigenvalue weighted by atomic mass is 16.5. The van der Waals surface area contributed by atoms with E-state index in [1.54, 1.807) is 12.1 Å². The van der Waals surface area contributed by atoms with Gasteiger partial charge in [0.1, 0.15) is 12.4 Å². The zero-order valence-electron chi connectivity index (χ0n) is 12.2. The summed E-state index contributed by atoms with van der Waals surface area (Å²) in [5.74, 6) is 2.51. The lowest BCUT2D eigenvalue weighted by Crippen LogP contribution is -2.12. The van der Waals surface area contributed by atoms with Gasteiger partial charge in [-0.05, 0) is 61.8 Å². The van der Waals surface area contributed by atoms with Gasteiger partial charge in [0.25, 0.3) is 0 Å². The first-order chi connectivity index (χ1) is 9.81. The smallest absolute Gasteiger partial charge is 0.119 e. The fourth-order valence-corrected chi connectivity index (χ4v) is 2.81. The van der Waals surface area contributed by atoms with Crippen LogP contribution in [0.3, 0.4) is 0 Å². The van der Waals surface area contributed by atoms with Crippen molar-refractivity contribution < 1.29 is 4.74 Å². The zero-order valence-corrected chi connectivity index (χ0v) is 12.2. The number of benzene rings is 1. The lowest BCUT2D eigenvalue weighted by Gasteiger charge is -2.25. The van der Waals surface area contributed by atoms with Gasteiger partial charge in [0.2, 0.25) is 0 Å². The summed E-state index contributed by atoms with van der Waals surface area (Å²) in [5, 5.41) is 8.72. The minimum Gasteiger partial charge on any atom is -0.490 e. The average molecular weight is 269 g/mol. The first kappa shape index (κ1) is 14.7. The molecule has 0 amide bonds. The fraction of sp³-hybridized carbons (Fsp3) is 0.500. The van der Waals surface area contributed by atoms with Crippen LogP contribution in [0.15, 0.2) is 36.4 Å². The summed E-state index contributed by atoms with van der Waals surface area (Å²) in [6.07, 6.45) is 11.2. The second-order valence-corrected chi connectivity index (χ2v) is 5.56. The van der Waals surface area contributed by atoms with E-state index in [1.807, 2.05) is 12.1 Å². The number of nitrogens with zero attached hydrogens (tertiary/aromatic N) is 1. The Morgan fingerprint density at radius 1 is 1.20 bits per heavy atom.